The van der Waals surface area contributed by atoms with Crippen LogP contribution in [-0.4, -0.2) is 32.4 Å². The first-order valence-corrected chi connectivity index (χ1v) is 7.58. The molecule has 0 aliphatic heterocycles. The van der Waals surface area contributed by atoms with Gasteiger partial charge in [-0.3, -0.25) is 14.6 Å². The van der Waals surface area contributed by atoms with Crippen LogP contribution in [0.1, 0.15) is 10.5 Å². The van der Waals surface area contributed by atoms with Crippen LogP contribution in [0.15, 0.2) is 53.3 Å². The molecule has 2 heterocycles. The van der Waals surface area contributed by atoms with E-state index < -0.39 is 0 Å². The van der Waals surface area contributed by atoms with Gasteiger partial charge in [-0.2, -0.15) is 10.2 Å². The maximum atomic E-state index is 12.1. The van der Waals surface area contributed by atoms with Crippen molar-refractivity contribution in [3.8, 4) is 11.3 Å². The van der Waals surface area contributed by atoms with Crippen molar-refractivity contribution < 1.29 is 4.79 Å². The van der Waals surface area contributed by atoms with Crippen molar-refractivity contribution in [2.45, 2.75) is 6.54 Å². The van der Waals surface area contributed by atoms with Gasteiger partial charge in [0, 0.05) is 29.0 Å². The van der Waals surface area contributed by atoms with Crippen LogP contribution in [0.25, 0.3) is 11.3 Å². The van der Waals surface area contributed by atoms with Crippen LogP contribution in [0.3, 0.4) is 0 Å². The molecule has 1 amide bonds. The number of carbonyl (C=O) groups excluding carboxylic acids is 1. The number of H-pyrrole nitrogens is 1. The first kappa shape index (κ1) is 14.5. The molecule has 6 nitrogen and oxygen atoms in total. The molecule has 0 fully saturated rings. The summed E-state index contributed by atoms with van der Waals surface area (Å²) >= 11 is 3.39. The van der Waals surface area contributed by atoms with Crippen molar-refractivity contribution in [2.24, 2.45) is 0 Å². The van der Waals surface area contributed by atoms with Gasteiger partial charge in [-0.1, -0.05) is 28.1 Å². The smallest absolute Gasteiger partial charge is 0.269 e. The fraction of sp³-hybridized carbons (Fsp3) is 0.133. The van der Waals surface area contributed by atoms with Crippen LogP contribution < -0.4 is 5.32 Å². The minimum Gasteiger partial charge on any atom is -0.349 e. The monoisotopic (exact) mass is 359 g/mol. The van der Waals surface area contributed by atoms with Gasteiger partial charge in [0.25, 0.3) is 5.91 Å². The number of nitrogens with one attached hydrogen (secondary N) is 2. The minimum atomic E-state index is -0.178. The number of rotatable bonds is 5. The molecule has 2 N–H and O–H groups in total. The second-order valence-corrected chi connectivity index (χ2v) is 5.61. The SMILES string of the molecule is O=C(NCCn1cccn1)c1cc(-c2ccc(Br)cc2)n[nH]1. The highest BCUT2D eigenvalue weighted by molar-refractivity contribution is 9.10. The average Bonchev–Trinajstić information content (AvgIpc) is 3.19. The fourth-order valence-electron chi connectivity index (χ4n) is 2.02. The number of carbonyl (C=O) groups is 1. The van der Waals surface area contributed by atoms with Crippen LogP contribution in [-0.2, 0) is 6.54 Å². The molecule has 2 aromatic heterocycles. The van der Waals surface area contributed by atoms with E-state index in [1.807, 2.05) is 36.5 Å². The number of hydrogen-bond donors (Lipinski definition) is 2. The number of aromatic amines is 1. The molecule has 0 spiro atoms. The van der Waals surface area contributed by atoms with Crippen molar-refractivity contribution in [1.82, 2.24) is 25.3 Å². The molecule has 3 rings (SSSR count). The molecule has 0 atom stereocenters. The molecule has 0 radical (unpaired) electrons. The van der Waals surface area contributed by atoms with Gasteiger partial charge < -0.3 is 5.32 Å². The van der Waals surface area contributed by atoms with Crippen molar-refractivity contribution >= 4 is 21.8 Å². The van der Waals surface area contributed by atoms with Crippen molar-refractivity contribution in [3.63, 3.8) is 0 Å². The summed E-state index contributed by atoms with van der Waals surface area (Å²) in [5.74, 6) is -0.178. The highest BCUT2D eigenvalue weighted by Gasteiger charge is 2.10. The topological polar surface area (TPSA) is 75.6 Å². The van der Waals surface area contributed by atoms with Crippen LogP contribution >= 0.6 is 15.9 Å². The van der Waals surface area contributed by atoms with E-state index in [9.17, 15) is 4.79 Å². The largest absolute Gasteiger partial charge is 0.349 e. The number of aromatic nitrogens is 4. The Morgan fingerprint density at radius 2 is 2.14 bits per heavy atom. The lowest BCUT2D eigenvalue weighted by molar-refractivity contribution is 0.0947. The molecule has 0 aliphatic carbocycles. The Morgan fingerprint density at radius 3 is 2.86 bits per heavy atom. The maximum absolute atomic E-state index is 12.1. The molecular formula is C15H14BrN5O. The van der Waals surface area contributed by atoms with Crippen molar-refractivity contribution in [3.05, 3.63) is 59.0 Å². The van der Waals surface area contributed by atoms with Crippen LogP contribution in [0.4, 0.5) is 0 Å². The van der Waals surface area contributed by atoms with E-state index in [1.54, 1.807) is 16.9 Å². The van der Waals surface area contributed by atoms with Crippen LogP contribution in [0.5, 0.6) is 0 Å². The molecule has 7 heteroatoms. The molecule has 3 aromatic rings. The highest BCUT2D eigenvalue weighted by Crippen LogP contribution is 2.20. The fourth-order valence-corrected chi connectivity index (χ4v) is 2.28. The Morgan fingerprint density at radius 1 is 1.32 bits per heavy atom. The summed E-state index contributed by atoms with van der Waals surface area (Å²) in [5.41, 5.74) is 2.14. The van der Waals surface area contributed by atoms with E-state index in [1.165, 1.54) is 0 Å². The van der Waals surface area contributed by atoms with Gasteiger partial charge in [-0.05, 0) is 24.3 Å². The zero-order valence-corrected chi connectivity index (χ0v) is 13.2. The van der Waals surface area contributed by atoms with Gasteiger partial charge in [0.1, 0.15) is 5.69 Å². The first-order valence-electron chi connectivity index (χ1n) is 6.79. The lowest BCUT2D eigenvalue weighted by Gasteiger charge is -2.03. The summed E-state index contributed by atoms with van der Waals surface area (Å²) in [7, 11) is 0. The summed E-state index contributed by atoms with van der Waals surface area (Å²) in [6.45, 7) is 1.14. The maximum Gasteiger partial charge on any atom is 0.269 e. The Kier molecular flexibility index (Phi) is 4.34. The number of amides is 1. The Hall–Kier alpha value is -2.41. The predicted molar refractivity (Wildman–Crippen MR) is 86.3 cm³/mol. The molecule has 0 saturated carbocycles. The Labute approximate surface area is 135 Å². The Bertz CT molecular complexity index is 749. The Balaban J connectivity index is 1.60. The normalized spacial score (nSPS) is 10.6. The third-order valence-electron chi connectivity index (χ3n) is 3.15. The minimum absolute atomic E-state index is 0.178. The lowest BCUT2D eigenvalue weighted by atomic mass is 10.1. The molecule has 0 unspecified atom stereocenters. The van der Waals surface area contributed by atoms with Crippen LogP contribution in [0.2, 0.25) is 0 Å². The molecule has 112 valence electrons. The zero-order chi connectivity index (χ0) is 15.4. The van der Waals surface area contributed by atoms with Gasteiger partial charge in [0.05, 0.1) is 12.2 Å². The van der Waals surface area contributed by atoms with Gasteiger partial charge in [-0.25, -0.2) is 0 Å². The molecular weight excluding hydrogens is 346 g/mol. The summed E-state index contributed by atoms with van der Waals surface area (Å²) in [4.78, 5) is 12.1. The van der Waals surface area contributed by atoms with Gasteiger partial charge >= 0.3 is 0 Å². The van der Waals surface area contributed by atoms with Crippen molar-refractivity contribution in [1.29, 1.82) is 0 Å². The summed E-state index contributed by atoms with van der Waals surface area (Å²) in [6.07, 6.45) is 3.56. The second-order valence-electron chi connectivity index (χ2n) is 4.70. The third kappa shape index (κ3) is 3.43. The van der Waals surface area contributed by atoms with Gasteiger partial charge in [-0.15, -0.1) is 0 Å². The lowest BCUT2D eigenvalue weighted by Crippen LogP contribution is -2.27. The first-order chi connectivity index (χ1) is 10.7. The molecule has 1 aromatic carbocycles. The van der Waals surface area contributed by atoms with Gasteiger partial charge in [0.2, 0.25) is 0 Å². The zero-order valence-electron chi connectivity index (χ0n) is 11.7. The summed E-state index contributed by atoms with van der Waals surface area (Å²) in [6, 6.07) is 11.4. The van der Waals surface area contributed by atoms with Crippen molar-refractivity contribution in [2.75, 3.05) is 6.54 Å². The number of nitrogens with zero attached hydrogens (tertiary/aromatic N) is 3. The summed E-state index contributed by atoms with van der Waals surface area (Å²) < 4.78 is 2.77. The molecule has 0 saturated heterocycles. The van der Waals surface area contributed by atoms with E-state index in [0.717, 1.165) is 15.7 Å². The van der Waals surface area contributed by atoms with E-state index in [0.29, 0.717) is 18.8 Å². The molecule has 0 aliphatic rings. The molecule has 0 bridgehead atoms. The van der Waals surface area contributed by atoms with Crippen LogP contribution in [0, 0.1) is 0 Å². The third-order valence-corrected chi connectivity index (χ3v) is 3.68. The second kappa shape index (κ2) is 6.57. The predicted octanol–water partition coefficient (Wildman–Crippen LogP) is 2.47. The molecule has 22 heavy (non-hydrogen) atoms. The van der Waals surface area contributed by atoms with E-state index in [2.05, 4.69) is 36.5 Å². The number of benzene rings is 1. The average molecular weight is 360 g/mol. The summed E-state index contributed by atoms with van der Waals surface area (Å²) in [5, 5.41) is 13.9. The standard InChI is InChI=1S/C15H14BrN5O/c16-12-4-2-11(3-5-12)13-10-14(20-19-13)15(22)17-7-9-21-8-1-6-18-21/h1-6,8,10H,7,9H2,(H,17,22)(H,19,20). The van der Waals surface area contributed by atoms with Gasteiger partial charge in [0.15, 0.2) is 0 Å². The van der Waals surface area contributed by atoms with E-state index >= 15 is 0 Å². The quantitative estimate of drug-likeness (QED) is 0.734. The number of hydrogen-bond acceptors (Lipinski definition) is 3. The van der Waals surface area contributed by atoms with E-state index in [-0.39, 0.29) is 5.91 Å². The number of halogens is 1. The highest BCUT2D eigenvalue weighted by atomic mass is 79.9. The van der Waals surface area contributed by atoms with E-state index in [4.69, 9.17) is 0 Å².